The van der Waals surface area contributed by atoms with Gasteiger partial charge in [-0.05, 0) is 91.3 Å². The summed E-state index contributed by atoms with van der Waals surface area (Å²) in [6, 6.07) is 0. The number of hydrogen-bond acceptors (Lipinski definition) is 1. The lowest BCUT2D eigenvalue weighted by Crippen LogP contribution is -2.37. The van der Waals surface area contributed by atoms with E-state index in [9.17, 15) is 5.11 Å². The summed E-state index contributed by atoms with van der Waals surface area (Å²) in [5.41, 5.74) is 1.02. The minimum atomic E-state index is 0.355. The summed E-state index contributed by atoms with van der Waals surface area (Å²) in [4.78, 5) is 0. The second-order valence-electron chi connectivity index (χ2n) is 11.6. The van der Waals surface area contributed by atoms with Gasteiger partial charge in [0.05, 0.1) is 0 Å². The molecule has 27 heavy (non-hydrogen) atoms. The van der Waals surface area contributed by atoms with E-state index in [0.29, 0.717) is 23.4 Å². The molecular formula is C26H50O. The zero-order valence-electron chi connectivity index (χ0n) is 19.7. The minimum absolute atomic E-state index is 0.355. The molecule has 2 aliphatic carbocycles. The maximum absolute atomic E-state index is 9.48. The van der Waals surface area contributed by atoms with Gasteiger partial charge in [0, 0.05) is 6.61 Å². The predicted octanol–water partition coefficient (Wildman–Crippen LogP) is 7.72. The lowest BCUT2D eigenvalue weighted by atomic mass is 9.60. The zero-order valence-corrected chi connectivity index (χ0v) is 19.7. The maximum Gasteiger partial charge on any atom is 0.0433 e. The fraction of sp³-hybridized carbons (Fsp3) is 1.00. The molecule has 0 aliphatic heterocycles. The monoisotopic (exact) mass is 378 g/mol. The van der Waals surface area contributed by atoms with Crippen LogP contribution in [0.5, 0.6) is 0 Å². The molecule has 0 saturated heterocycles. The molecule has 0 heterocycles. The van der Waals surface area contributed by atoms with Gasteiger partial charge in [-0.25, -0.2) is 0 Å². The first-order chi connectivity index (χ1) is 12.7. The van der Waals surface area contributed by atoms with Crippen molar-refractivity contribution in [3.05, 3.63) is 0 Å². The van der Waals surface area contributed by atoms with E-state index in [0.717, 1.165) is 36.0 Å². The second-order valence-corrected chi connectivity index (χ2v) is 11.6. The highest BCUT2D eigenvalue weighted by molar-refractivity contribution is 4.99. The van der Waals surface area contributed by atoms with E-state index in [1.165, 1.54) is 57.8 Å². The standard InChI is InChI=1S/C26H50O/c1-8-15-26(7)23(19(2)14-17-27)12-13-24(26)21(4)18-20(3)22-11-9-10-16-25(22,5)6/h19-24,27H,8-18H2,1-7H3/t19-,20+,21?,22?,23?,24?,26?/m1/s1. The van der Waals surface area contributed by atoms with Crippen molar-refractivity contribution in [1.82, 2.24) is 0 Å². The van der Waals surface area contributed by atoms with Crippen LogP contribution < -0.4 is 0 Å². The molecule has 2 aliphatic rings. The third-order valence-corrected chi connectivity index (χ3v) is 9.25. The number of aliphatic hydroxyl groups is 1. The Labute approximate surface area is 171 Å². The molecule has 1 nitrogen and oxygen atoms in total. The largest absolute Gasteiger partial charge is 0.396 e. The molecule has 1 heteroatoms. The predicted molar refractivity (Wildman–Crippen MR) is 119 cm³/mol. The smallest absolute Gasteiger partial charge is 0.0433 e. The highest BCUT2D eigenvalue weighted by Gasteiger charge is 2.49. The van der Waals surface area contributed by atoms with Crippen molar-refractivity contribution in [2.45, 2.75) is 113 Å². The summed E-state index contributed by atoms with van der Waals surface area (Å²) >= 11 is 0. The van der Waals surface area contributed by atoms with E-state index in [1.807, 2.05) is 0 Å². The summed E-state index contributed by atoms with van der Waals surface area (Å²) in [5.74, 6) is 4.95. The molecule has 1 N–H and O–H groups in total. The number of hydrogen-bond donors (Lipinski definition) is 1. The Morgan fingerprint density at radius 3 is 2.00 bits per heavy atom. The molecule has 0 bridgehead atoms. The molecule has 2 fully saturated rings. The van der Waals surface area contributed by atoms with Crippen LogP contribution in [0.1, 0.15) is 113 Å². The third kappa shape index (κ3) is 5.12. The highest BCUT2D eigenvalue weighted by Crippen LogP contribution is 2.58. The second kappa shape index (κ2) is 9.64. The van der Waals surface area contributed by atoms with E-state index in [1.54, 1.807) is 0 Å². The molecule has 0 aromatic heterocycles. The van der Waals surface area contributed by atoms with E-state index in [2.05, 4.69) is 48.5 Å². The van der Waals surface area contributed by atoms with Gasteiger partial charge in [-0.15, -0.1) is 0 Å². The molecule has 0 aromatic carbocycles. The summed E-state index contributed by atoms with van der Waals surface area (Å²) in [6.45, 7) is 17.9. The van der Waals surface area contributed by atoms with Crippen molar-refractivity contribution in [2.24, 2.45) is 46.3 Å². The molecule has 0 aromatic rings. The summed E-state index contributed by atoms with van der Waals surface area (Å²) in [7, 11) is 0. The van der Waals surface area contributed by atoms with Gasteiger partial charge >= 0.3 is 0 Å². The van der Waals surface area contributed by atoms with Crippen molar-refractivity contribution in [1.29, 1.82) is 0 Å². The van der Waals surface area contributed by atoms with Crippen molar-refractivity contribution >= 4 is 0 Å². The van der Waals surface area contributed by atoms with E-state index < -0.39 is 0 Å². The molecule has 0 amide bonds. The Morgan fingerprint density at radius 2 is 1.44 bits per heavy atom. The molecule has 2 rings (SSSR count). The summed E-state index contributed by atoms with van der Waals surface area (Å²) in [6.07, 6.45) is 13.6. The van der Waals surface area contributed by atoms with Crippen LogP contribution >= 0.6 is 0 Å². The van der Waals surface area contributed by atoms with Gasteiger partial charge in [0.2, 0.25) is 0 Å². The lowest BCUT2D eigenvalue weighted by Gasteiger charge is -2.46. The van der Waals surface area contributed by atoms with Crippen LogP contribution in [0.4, 0.5) is 0 Å². The average molecular weight is 379 g/mol. The number of aliphatic hydroxyl groups excluding tert-OH is 1. The van der Waals surface area contributed by atoms with Gasteiger partial charge in [0.1, 0.15) is 0 Å². The van der Waals surface area contributed by atoms with E-state index in [4.69, 9.17) is 0 Å². The molecule has 5 unspecified atom stereocenters. The van der Waals surface area contributed by atoms with Gasteiger partial charge < -0.3 is 5.11 Å². The van der Waals surface area contributed by atoms with Gasteiger partial charge in [0.25, 0.3) is 0 Å². The fourth-order valence-corrected chi connectivity index (χ4v) is 7.97. The molecule has 0 radical (unpaired) electrons. The van der Waals surface area contributed by atoms with Crippen LogP contribution in [0.3, 0.4) is 0 Å². The molecule has 2 saturated carbocycles. The SMILES string of the molecule is CCCC1(C)C(C(C)C[C@H](C)C2CCCCC2(C)C)CCC1[C@H](C)CCO. The third-order valence-electron chi connectivity index (χ3n) is 9.25. The van der Waals surface area contributed by atoms with Crippen LogP contribution in [-0.2, 0) is 0 Å². The topological polar surface area (TPSA) is 20.2 Å². The first-order valence-electron chi connectivity index (χ1n) is 12.3. The fourth-order valence-electron chi connectivity index (χ4n) is 7.97. The quantitative estimate of drug-likeness (QED) is 0.435. The van der Waals surface area contributed by atoms with Crippen molar-refractivity contribution in [3.63, 3.8) is 0 Å². The van der Waals surface area contributed by atoms with Crippen LogP contribution in [0.2, 0.25) is 0 Å². The van der Waals surface area contributed by atoms with Crippen molar-refractivity contribution in [3.8, 4) is 0 Å². The minimum Gasteiger partial charge on any atom is -0.396 e. The van der Waals surface area contributed by atoms with Crippen molar-refractivity contribution in [2.75, 3.05) is 6.61 Å². The normalized spacial score (nSPS) is 37.1. The van der Waals surface area contributed by atoms with Crippen molar-refractivity contribution < 1.29 is 5.11 Å². The first-order valence-corrected chi connectivity index (χ1v) is 12.3. The maximum atomic E-state index is 9.48. The molecule has 7 atom stereocenters. The Balaban J connectivity index is 2.08. The van der Waals surface area contributed by atoms with Crippen LogP contribution in [0, 0.1) is 46.3 Å². The summed E-state index contributed by atoms with van der Waals surface area (Å²) in [5, 5.41) is 9.48. The Kier molecular flexibility index (Phi) is 8.30. The van der Waals surface area contributed by atoms with E-state index in [-0.39, 0.29) is 0 Å². The Bertz CT molecular complexity index is 441. The molecule has 160 valence electrons. The van der Waals surface area contributed by atoms with Gasteiger partial charge in [-0.2, -0.15) is 0 Å². The first kappa shape index (κ1) is 23.2. The van der Waals surface area contributed by atoms with E-state index >= 15 is 0 Å². The van der Waals surface area contributed by atoms with Gasteiger partial charge in [-0.3, -0.25) is 0 Å². The highest BCUT2D eigenvalue weighted by atomic mass is 16.3. The molecule has 0 spiro atoms. The van der Waals surface area contributed by atoms with Crippen LogP contribution in [0.25, 0.3) is 0 Å². The lowest BCUT2D eigenvalue weighted by molar-refractivity contribution is 0.0363. The average Bonchev–Trinajstić information content (AvgIpc) is 2.91. The van der Waals surface area contributed by atoms with Gasteiger partial charge in [-0.1, -0.05) is 67.7 Å². The van der Waals surface area contributed by atoms with Gasteiger partial charge in [0.15, 0.2) is 0 Å². The Hall–Kier alpha value is -0.0400. The summed E-state index contributed by atoms with van der Waals surface area (Å²) < 4.78 is 0. The van der Waals surface area contributed by atoms with Crippen LogP contribution in [-0.4, -0.2) is 11.7 Å². The Morgan fingerprint density at radius 1 is 0.852 bits per heavy atom. The van der Waals surface area contributed by atoms with Crippen LogP contribution in [0.15, 0.2) is 0 Å². The number of rotatable bonds is 9. The zero-order chi connectivity index (χ0) is 20.2. The molecular weight excluding hydrogens is 328 g/mol.